The van der Waals surface area contributed by atoms with Crippen LogP contribution in [0.1, 0.15) is 58.1 Å². The lowest BCUT2D eigenvalue weighted by Crippen LogP contribution is -2.58. The van der Waals surface area contributed by atoms with Crippen molar-refractivity contribution in [3.05, 3.63) is 59.2 Å². The number of aromatic amines is 2. The SMILES string of the molecule is CN[C@@H](C)C(=O)NC(C(=O)N1C[C@@H](O)CC1Cc1c(-c2[nH]c3cc(F)ccc3c2C[C@@H]2C[C@H](O)CC2C(=O)[C@@H](NC(=O)[C@H](C)NC)[C@@H](C)OC)[nH]c2cc(F)ccc12)[C@@H](C)OC. The molecule has 338 valence electrons. The zero-order valence-corrected chi connectivity index (χ0v) is 36.6. The van der Waals surface area contributed by atoms with Gasteiger partial charge >= 0.3 is 0 Å². The molecule has 0 bridgehead atoms. The number of aliphatic hydroxyl groups is 2. The van der Waals surface area contributed by atoms with E-state index in [1.54, 1.807) is 58.8 Å². The number of nitrogens with zero attached hydrogens (tertiary/aromatic N) is 1. The third kappa shape index (κ3) is 9.72. The van der Waals surface area contributed by atoms with Gasteiger partial charge in [0.15, 0.2) is 5.78 Å². The Morgan fingerprint density at radius 2 is 1.24 bits per heavy atom. The molecule has 17 heteroatoms. The van der Waals surface area contributed by atoms with E-state index in [0.717, 1.165) is 5.56 Å². The molecule has 6 rings (SSSR count). The normalized spacial score (nSPS) is 23.3. The van der Waals surface area contributed by atoms with Gasteiger partial charge in [-0.05, 0) is 127 Å². The topological polar surface area (TPSA) is 210 Å². The van der Waals surface area contributed by atoms with Crippen LogP contribution in [0.3, 0.4) is 0 Å². The quantitative estimate of drug-likeness (QED) is 0.0734. The number of H-pyrrole nitrogens is 2. The van der Waals surface area contributed by atoms with E-state index in [4.69, 9.17) is 9.47 Å². The van der Waals surface area contributed by atoms with Crippen molar-refractivity contribution in [2.45, 2.75) is 114 Å². The minimum absolute atomic E-state index is 0.00749. The molecule has 2 aromatic heterocycles. The number of ketones is 1. The van der Waals surface area contributed by atoms with Crippen LogP contribution in [0.25, 0.3) is 33.2 Å². The Hall–Kier alpha value is -4.78. The van der Waals surface area contributed by atoms with Crippen LogP contribution in [0.4, 0.5) is 8.78 Å². The summed E-state index contributed by atoms with van der Waals surface area (Å²) in [7, 11) is 6.19. The molecule has 3 amide bonds. The highest BCUT2D eigenvalue weighted by atomic mass is 19.1. The standard InChI is InChI=1S/C45H61F2N7O8/c1-21(48-5)43(58)52-38(23(3)61-7)42(57)33-19-29(55)13-25(33)14-34-31-11-9-26(46)15-36(31)50-40(34)41-35(32-12-10-27(47)16-37(32)51-41)18-28-17-30(56)20-54(28)45(60)39(24(4)62-8)53-44(59)22(2)49-6/h9-12,15-16,21-25,28-30,33,38-39,48-51,55-56H,13-14,17-20H2,1-8H3,(H,52,58)(H,53,59)/t21-,22-,23+,24+,25-,28?,29-,30-,33?,38-,39?/m0/s1. The van der Waals surface area contributed by atoms with Crippen molar-refractivity contribution < 1.29 is 47.6 Å². The molecule has 4 aromatic rings. The van der Waals surface area contributed by atoms with Gasteiger partial charge in [-0.15, -0.1) is 0 Å². The van der Waals surface area contributed by atoms with Crippen molar-refractivity contribution in [2.24, 2.45) is 11.8 Å². The molecular weight excluding hydrogens is 805 g/mol. The molecule has 2 aliphatic rings. The van der Waals surface area contributed by atoms with Crippen LogP contribution in [-0.2, 0) is 41.5 Å². The Bertz CT molecular complexity index is 2110. The fourth-order valence-electron chi connectivity index (χ4n) is 9.13. The van der Waals surface area contributed by atoms with Crippen LogP contribution >= 0.6 is 0 Å². The number of likely N-dealkylation sites (N-methyl/N-ethyl adjacent to an activating group) is 2. The summed E-state index contributed by atoms with van der Waals surface area (Å²) in [6.07, 6.45) is -1.91. The van der Waals surface area contributed by atoms with Gasteiger partial charge < -0.3 is 55.8 Å². The number of benzene rings is 2. The first-order chi connectivity index (χ1) is 29.5. The minimum atomic E-state index is -1.06. The monoisotopic (exact) mass is 865 g/mol. The van der Waals surface area contributed by atoms with E-state index in [1.165, 1.54) is 38.5 Å². The smallest absolute Gasteiger partial charge is 0.248 e. The number of hydrogen-bond donors (Lipinski definition) is 8. The largest absolute Gasteiger partial charge is 0.393 e. The third-order valence-corrected chi connectivity index (χ3v) is 13.1. The second kappa shape index (κ2) is 19.7. The number of aliphatic hydroxyl groups excluding tert-OH is 2. The summed E-state index contributed by atoms with van der Waals surface area (Å²) in [6, 6.07) is 4.96. The maximum absolute atomic E-state index is 14.9. The zero-order chi connectivity index (χ0) is 45.2. The van der Waals surface area contributed by atoms with Gasteiger partial charge in [-0.3, -0.25) is 19.2 Å². The first-order valence-corrected chi connectivity index (χ1v) is 21.3. The number of halogens is 2. The van der Waals surface area contributed by atoms with Gasteiger partial charge in [0, 0.05) is 54.5 Å². The van der Waals surface area contributed by atoms with E-state index in [9.17, 15) is 38.2 Å². The van der Waals surface area contributed by atoms with Crippen molar-refractivity contribution in [1.29, 1.82) is 0 Å². The fraction of sp³-hybridized carbons (Fsp3) is 0.556. The van der Waals surface area contributed by atoms with Crippen LogP contribution in [0.15, 0.2) is 36.4 Å². The molecule has 8 N–H and O–H groups in total. The Morgan fingerprint density at radius 1 is 0.742 bits per heavy atom. The second-order valence-electron chi connectivity index (χ2n) is 17.0. The first kappa shape index (κ1) is 46.7. The molecule has 11 atom stereocenters. The third-order valence-electron chi connectivity index (χ3n) is 13.1. The molecular formula is C45H61F2N7O8. The molecule has 15 nitrogen and oxygen atoms in total. The molecule has 0 spiro atoms. The molecule has 3 unspecified atom stereocenters. The van der Waals surface area contributed by atoms with E-state index in [0.29, 0.717) is 38.8 Å². The Balaban J connectivity index is 1.42. The Kier molecular flexibility index (Phi) is 14.9. The average Bonchev–Trinajstić information content (AvgIpc) is 4.02. The lowest BCUT2D eigenvalue weighted by Gasteiger charge is -2.32. The maximum atomic E-state index is 14.9. The molecule has 0 radical (unpaired) electrons. The highest BCUT2D eigenvalue weighted by molar-refractivity contribution is 5.97. The summed E-state index contributed by atoms with van der Waals surface area (Å²) in [5.41, 5.74) is 3.46. The molecule has 1 saturated heterocycles. The number of likely N-dealkylation sites (tertiary alicyclic amines) is 1. The minimum Gasteiger partial charge on any atom is -0.393 e. The first-order valence-electron chi connectivity index (χ1n) is 21.3. The molecule has 62 heavy (non-hydrogen) atoms. The molecule has 2 aromatic carbocycles. The van der Waals surface area contributed by atoms with Crippen LogP contribution in [0.2, 0.25) is 0 Å². The predicted octanol–water partition coefficient (Wildman–Crippen LogP) is 2.85. The van der Waals surface area contributed by atoms with E-state index >= 15 is 0 Å². The average molecular weight is 866 g/mol. The summed E-state index contributed by atoms with van der Waals surface area (Å²) < 4.78 is 40.9. The van der Waals surface area contributed by atoms with Crippen LogP contribution in [-0.4, -0.2) is 138 Å². The van der Waals surface area contributed by atoms with E-state index in [1.807, 2.05) is 0 Å². The number of ether oxygens (including phenoxy) is 2. The van der Waals surface area contributed by atoms with E-state index in [2.05, 4.69) is 31.2 Å². The van der Waals surface area contributed by atoms with Gasteiger partial charge in [-0.25, -0.2) is 8.78 Å². The van der Waals surface area contributed by atoms with Crippen molar-refractivity contribution >= 4 is 45.3 Å². The molecule has 1 aliphatic heterocycles. The lowest BCUT2D eigenvalue weighted by molar-refractivity contribution is -0.141. The predicted molar refractivity (Wildman–Crippen MR) is 230 cm³/mol. The van der Waals surface area contributed by atoms with Gasteiger partial charge in [0.1, 0.15) is 23.7 Å². The van der Waals surface area contributed by atoms with Gasteiger partial charge in [0.05, 0.1) is 47.9 Å². The number of fused-ring (bicyclic) bond motifs is 2. The number of amides is 3. The van der Waals surface area contributed by atoms with Gasteiger partial charge in [0.25, 0.3) is 0 Å². The zero-order valence-electron chi connectivity index (χ0n) is 36.6. The van der Waals surface area contributed by atoms with Crippen molar-refractivity contribution in [3.8, 4) is 11.4 Å². The number of rotatable bonds is 18. The summed E-state index contributed by atoms with van der Waals surface area (Å²) in [4.78, 5) is 63.3. The highest BCUT2D eigenvalue weighted by Crippen LogP contribution is 2.43. The van der Waals surface area contributed by atoms with Gasteiger partial charge in [-0.1, -0.05) is 0 Å². The highest BCUT2D eigenvalue weighted by Gasteiger charge is 2.44. The second-order valence-corrected chi connectivity index (χ2v) is 17.0. The van der Waals surface area contributed by atoms with Gasteiger partial charge in [0.2, 0.25) is 17.7 Å². The number of methoxy groups -OCH3 is 2. The number of carbonyl (C=O) groups is 4. The maximum Gasteiger partial charge on any atom is 0.248 e. The van der Waals surface area contributed by atoms with Gasteiger partial charge in [-0.2, -0.15) is 0 Å². The number of nitrogens with one attached hydrogen (secondary N) is 6. The molecule has 1 saturated carbocycles. The van der Waals surface area contributed by atoms with Crippen LogP contribution in [0, 0.1) is 23.5 Å². The number of carbonyl (C=O) groups excluding carboxylic acids is 4. The number of Topliss-reactive ketones (excluding diaryl/α,β-unsaturated/α-hetero) is 1. The number of hydrogen-bond acceptors (Lipinski definition) is 10. The van der Waals surface area contributed by atoms with Crippen molar-refractivity contribution in [3.63, 3.8) is 0 Å². The van der Waals surface area contributed by atoms with Crippen LogP contribution in [0.5, 0.6) is 0 Å². The van der Waals surface area contributed by atoms with E-state index in [-0.39, 0.29) is 50.3 Å². The van der Waals surface area contributed by atoms with Crippen molar-refractivity contribution in [1.82, 2.24) is 36.1 Å². The lowest BCUT2D eigenvalue weighted by atomic mass is 9.82. The summed E-state index contributed by atoms with van der Waals surface area (Å²) in [5, 5.41) is 34.9. The van der Waals surface area contributed by atoms with Crippen LogP contribution < -0.4 is 21.3 Å². The summed E-state index contributed by atoms with van der Waals surface area (Å²) in [6.45, 7) is 6.74. The molecule has 1 aliphatic carbocycles. The van der Waals surface area contributed by atoms with E-state index < -0.39 is 89.9 Å². The Morgan fingerprint density at radius 3 is 1.76 bits per heavy atom. The van der Waals surface area contributed by atoms with Crippen molar-refractivity contribution in [2.75, 3.05) is 34.9 Å². The number of β-amino-alcohol motifs (C(OH)–C–C–N with tert-alkyl or cyclic N) is 1. The molecule has 2 fully saturated rings. The summed E-state index contributed by atoms with van der Waals surface area (Å²) in [5.74, 6) is -3.52. The number of aromatic nitrogens is 2. The fourth-order valence-corrected chi connectivity index (χ4v) is 9.13. The Labute approximate surface area is 360 Å². The molecule has 3 heterocycles. The summed E-state index contributed by atoms with van der Waals surface area (Å²) >= 11 is 0.